The molecule has 0 radical (unpaired) electrons. The molecule has 0 bridgehead atoms. The van der Waals surface area contributed by atoms with Crippen molar-refractivity contribution in [1.82, 2.24) is 15.1 Å². The molecule has 0 saturated heterocycles. The van der Waals surface area contributed by atoms with Crippen molar-refractivity contribution in [3.8, 4) is 0 Å². The molecule has 5 nitrogen and oxygen atoms in total. The van der Waals surface area contributed by atoms with E-state index in [1.54, 1.807) is 11.1 Å². The molecule has 1 fully saturated rings. The smallest absolute Gasteiger partial charge is 0.253 e. The molecule has 2 N–H and O–H groups in total. The number of nitrogens with one attached hydrogen (secondary N) is 1. The second-order valence-electron chi connectivity index (χ2n) is 5.35. The van der Waals surface area contributed by atoms with E-state index in [4.69, 9.17) is 0 Å². The van der Waals surface area contributed by atoms with Crippen LogP contribution < -0.4 is 0 Å². The van der Waals surface area contributed by atoms with Crippen LogP contribution in [0.3, 0.4) is 0 Å². The van der Waals surface area contributed by atoms with E-state index in [1.165, 1.54) is 0 Å². The summed E-state index contributed by atoms with van der Waals surface area (Å²) < 4.78 is 0. The third kappa shape index (κ3) is 2.33. The van der Waals surface area contributed by atoms with Crippen LogP contribution in [0.1, 0.15) is 23.2 Å². The monoisotopic (exact) mass is 259 g/mol. The molecule has 0 unspecified atom stereocenters. The number of aliphatic hydroxyl groups excluding tert-OH is 1. The van der Waals surface area contributed by atoms with Crippen molar-refractivity contribution in [2.45, 2.75) is 18.9 Å². The van der Waals surface area contributed by atoms with Crippen LogP contribution in [0, 0.1) is 5.92 Å². The van der Waals surface area contributed by atoms with Crippen LogP contribution in [0.25, 0.3) is 10.9 Å². The molecule has 0 spiro atoms. The number of aliphatic hydroxyl groups is 1. The highest BCUT2D eigenvalue weighted by Gasteiger charge is 2.29. The van der Waals surface area contributed by atoms with Gasteiger partial charge in [0.15, 0.2) is 0 Å². The summed E-state index contributed by atoms with van der Waals surface area (Å²) in [6.07, 6.45) is 3.15. The number of aromatic nitrogens is 2. The predicted molar refractivity (Wildman–Crippen MR) is 71.8 cm³/mol. The molecule has 1 heterocycles. The van der Waals surface area contributed by atoms with Gasteiger partial charge in [-0.25, -0.2) is 0 Å². The Bertz CT molecular complexity index is 602. The number of aromatic amines is 1. The molecule has 1 aromatic heterocycles. The summed E-state index contributed by atoms with van der Waals surface area (Å²) in [7, 11) is 1.81. The fraction of sp³-hybridized carbons (Fsp3) is 0.429. The first-order valence-electron chi connectivity index (χ1n) is 6.50. The van der Waals surface area contributed by atoms with Crippen molar-refractivity contribution >= 4 is 16.8 Å². The van der Waals surface area contributed by atoms with E-state index in [0.717, 1.165) is 23.7 Å². The molecule has 1 aliphatic carbocycles. The molecule has 5 heteroatoms. The van der Waals surface area contributed by atoms with Gasteiger partial charge in [0, 0.05) is 24.5 Å². The molecule has 100 valence electrons. The summed E-state index contributed by atoms with van der Waals surface area (Å²) in [6.45, 7) is 0.708. The molecule has 1 saturated carbocycles. The summed E-state index contributed by atoms with van der Waals surface area (Å²) in [6, 6.07) is 5.54. The Morgan fingerprint density at radius 1 is 1.53 bits per heavy atom. The molecule has 19 heavy (non-hydrogen) atoms. The largest absolute Gasteiger partial charge is 0.393 e. The summed E-state index contributed by atoms with van der Waals surface area (Å²) in [5.74, 6) is 0.450. The SMILES string of the molecule is CN(CC1CC(O)C1)C(=O)c1ccc2[nH]ncc2c1. The molecule has 0 atom stereocenters. The minimum absolute atomic E-state index is 0.0180. The summed E-state index contributed by atoms with van der Waals surface area (Å²) in [5, 5.41) is 17.0. The summed E-state index contributed by atoms with van der Waals surface area (Å²) in [5.41, 5.74) is 1.61. The van der Waals surface area contributed by atoms with E-state index in [2.05, 4.69) is 10.2 Å². The van der Waals surface area contributed by atoms with E-state index < -0.39 is 0 Å². The molecular weight excluding hydrogens is 242 g/mol. The molecule has 1 aromatic carbocycles. The van der Waals surface area contributed by atoms with E-state index in [9.17, 15) is 9.90 Å². The number of rotatable bonds is 3. The van der Waals surface area contributed by atoms with Gasteiger partial charge in [0.1, 0.15) is 0 Å². The normalized spacial score (nSPS) is 22.2. The van der Waals surface area contributed by atoms with E-state index >= 15 is 0 Å². The van der Waals surface area contributed by atoms with E-state index in [0.29, 0.717) is 18.0 Å². The maximum absolute atomic E-state index is 12.3. The highest BCUT2D eigenvalue weighted by molar-refractivity contribution is 5.97. The molecule has 2 aromatic rings. The first-order chi connectivity index (χ1) is 9.13. The van der Waals surface area contributed by atoms with Gasteiger partial charge in [-0.2, -0.15) is 5.10 Å². The maximum atomic E-state index is 12.3. The minimum atomic E-state index is -0.171. The number of benzene rings is 1. The van der Waals surface area contributed by atoms with Crippen molar-refractivity contribution < 1.29 is 9.90 Å². The van der Waals surface area contributed by atoms with Gasteiger partial charge in [0.25, 0.3) is 5.91 Å². The van der Waals surface area contributed by atoms with Gasteiger partial charge in [-0.05, 0) is 37.0 Å². The van der Waals surface area contributed by atoms with Gasteiger partial charge in [-0.1, -0.05) is 0 Å². The average molecular weight is 259 g/mol. The minimum Gasteiger partial charge on any atom is -0.393 e. The Morgan fingerprint density at radius 2 is 2.32 bits per heavy atom. The number of nitrogens with zero attached hydrogens (tertiary/aromatic N) is 2. The standard InChI is InChI=1S/C14H17N3O2/c1-17(8-9-4-12(18)5-9)14(19)10-2-3-13-11(6-10)7-15-16-13/h2-3,6-7,9,12,18H,4-5,8H2,1H3,(H,15,16). The second kappa shape index (κ2) is 4.66. The zero-order valence-electron chi connectivity index (χ0n) is 10.8. The van der Waals surface area contributed by atoms with Crippen LogP contribution in [0.5, 0.6) is 0 Å². The number of fused-ring (bicyclic) bond motifs is 1. The zero-order valence-corrected chi connectivity index (χ0v) is 10.8. The van der Waals surface area contributed by atoms with Crippen LogP contribution in [0.2, 0.25) is 0 Å². The Labute approximate surface area is 111 Å². The first-order valence-corrected chi connectivity index (χ1v) is 6.50. The number of amides is 1. The second-order valence-corrected chi connectivity index (χ2v) is 5.35. The van der Waals surface area contributed by atoms with Gasteiger partial charge in [0.05, 0.1) is 17.8 Å². The predicted octanol–water partition coefficient (Wildman–Crippen LogP) is 1.41. The van der Waals surface area contributed by atoms with Crippen molar-refractivity contribution in [3.05, 3.63) is 30.0 Å². The highest BCUT2D eigenvalue weighted by Crippen LogP contribution is 2.28. The number of carbonyl (C=O) groups excluding carboxylic acids is 1. The number of carbonyl (C=O) groups is 1. The highest BCUT2D eigenvalue weighted by atomic mass is 16.3. The van der Waals surface area contributed by atoms with E-state index in [-0.39, 0.29) is 12.0 Å². The fourth-order valence-corrected chi connectivity index (χ4v) is 2.62. The summed E-state index contributed by atoms with van der Waals surface area (Å²) in [4.78, 5) is 14.0. The Balaban J connectivity index is 1.71. The number of H-pyrrole nitrogens is 1. The lowest BCUT2D eigenvalue weighted by Crippen LogP contribution is -2.39. The Hall–Kier alpha value is -1.88. The molecular formula is C14H17N3O2. The number of hydrogen-bond donors (Lipinski definition) is 2. The van der Waals surface area contributed by atoms with Crippen molar-refractivity contribution in [2.24, 2.45) is 5.92 Å². The zero-order chi connectivity index (χ0) is 13.4. The lowest BCUT2D eigenvalue weighted by molar-refractivity contribution is 0.0265. The lowest BCUT2D eigenvalue weighted by atomic mass is 9.82. The Morgan fingerprint density at radius 3 is 3.05 bits per heavy atom. The van der Waals surface area contributed by atoms with Gasteiger partial charge < -0.3 is 10.0 Å². The van der Waals surface area contributed by atoms with Crippen LogP contribution in [0.15, 0.2) is 24.4 Å². The van der Waals surface area contributed by atoms with E-state index in [1.807, 2.05) is 25.2 Å². The first kappa shape index (κ1) is 12.2. The molecule has 1 aliphatic rings. The van der Waals surface area contributed by atoms with Crippen molar-refractivity contribution in [2.75, 3.05) is 13.6 Å². The average Bonchev–Trinajstić information content (AvgIpc) is 2.83. The van der Waals surface area contributed by atoms with Crippen LogP contribution in [-0.4, -0.2) is 45.8 Å². The quantitative estimate of drug-likeness (QED) is 0.875. The van der Waals surface area contributed by atoms with Crippen molar-refractivity contribution in [3.63, 3.8) is 0 Å². The fourth-order valence-electron chi connectivity index (χ4n) is 2.62. The molecule has 0 aliphatic heterocycles. The molecule has 1 amide bonds. The van der Waals surface area contributed by atoms with Gasteiger partial charge in [-0.15, -0.1) is 0 Å². The van der Waals surface area contributed by atoms with Crippen LogP contribution in [-0.2, 0) is 0 Å². The van der Waals surface area contributed by atoms with Gasteiger partial charge >= 0.3 is 0 Å². The summed E-state index contributed by atoms with van der Waals surface area (Å²) >= 11 is 0. The topological polar surface area (TPSA) is 69.2 Å². The third-order valence-corrected chi connectivity index (χ3v) is 3.78. The Kier molecular flexibility index (Phi) is 2.98. The maximum Gasteiger partial charge on any atom is 0.253 e. The third-order valence-electron chi connectivity index (χ3n) is 3.78. The molecule has 3 rings (SSSR count). The van der Waals surface area contributed by atoms with Crippen LogP contribution >= 0.6 is 0 Å². The van der Waals surface area contributed by atoms with Gasteiger partial charge in [0.2, 0.25) is 0 Å². The lowest BCUT2D eigenvalue weighted by Gasteiger charge is -2.34. The van der Waals surface area contributed by atoms with Gasteiger partial charge in [-0.3, -0.25) is 9.89 Å². The van der Waals surface area contributed by atoms with Crippen molar-refractivity contribution in [1.29, 1.82) is 0 Å². The number of hydrogen-bond acceptors (Lipinski definition) is 3. The van der Waals surface area contributed by atoms with Crippen LogP contribution in [0.4, 0.5) is 0 Å².